The van der Waals surface area contributed by atoms with E-state index in [0.717, 1.165) is 96.9 Å². The molecular weight excluding hydrogens is 1180 g/mol. The third-order valence-corrected chi connectivity index (χ3v) is 12.0. The van der Waals surface area contributed by atoms with Gasteiger partial charge >= 0.3 is 83.6 Å². The smallest absolute Gasteiger partial charge is 0.305 e. The molecule has 0 aromatic rings. The van der Waals surface area contributed by atoms with Crippen LogP contribution in [0.5, 0.6) is 0 Å². The second kappa shape index (κ2) is 32.9. The third-order valence-electron chi connectivity index (χ3n) is 12.0. The zero-order chi connectivity index (χ0) is 65.3. The van der Waals surface area contributed by atoms with Crippen LogP contribution in [0.1, 0.15) is 96.9 Å². The summed E-state index contributed by atoms with van der Waals surface area (Å²) in [6.07, 6.45) is -37.4. The quantitative estimate of drug-likeness (QED) is 0.0763. The summed E-state index contributed by atoms with van der Waals surface area (Å²) in [5.74, 6) is -14.3. The highest BCUT2D eigenvalue weighted by Crippen LogP contribution is 2.38. The molecule has 4 fully saturated rings. The van der Waals surface area contributed by atoms with Crippen LogP contribution in [0.25, 0.3) is 0 Å². The average molecular weight is 1260 g/mol. The van der Waals surface area contributed by atoms with Crippen molar-refractivity contribution >= 4 is 83.6 Å². The SMILES string of the molecule is CC(=O)OCC1OC(OCC2OC(OC3C(COC(C)=O)OC(OCC4OC(OC(C)=O)C(OC(C)=O)C(OC(C)=O)C4OC(C)=O)C(OC(C)=O)C3OC(C)=O)C(OC(C)=O)C(OC(C)=O)C2OC(C)=O)C(OC(C)=O)C(OC(C)=O)C1OC(C)=O. The van der Waals surface area contributed by atoms with E-state index in [2.05, 4.69) is 0 Å². The zero-order valence-electron chi connectivity index (χ0n) is 49.7. The van der Waals surface area contributed by atoms with Crippen LogP contribution in [0.15, 0.2) is 0 Å². The molecule has 4 saturated heterocycles. The molecule has 20 unspecified atom stereocenters. The van der Waals surface area contributed by atoms with Crippen LogP contribution in [-0.2, 0) is 167 Å². The van der Waals surface area contributed by atoms with Gasteiger partial charge in [0.2, 0.25) is 12.4 Å². The molecule has 4 aliphatic heterocycles. The van der Waals surface area contributed by atoms with Gasteiger partial charge in [-0.2, -0.15) is 0 Å². The number of carbonyl (C=O) groups is 14. The van der Waals surface area contributed by atoms with E-state index in [1.54, 1.807) is 0 Å². The summed E-state index contributed by atoms with van der Waals surface area (Å²) in [6, 6.07) is 0. The summed E-state index contributed by atoms with van der Waals surface area (Å²) in [6.45, 7) is 9.84. The van der Waals surface area contributed by atoms with E-state index < -0.39 is 233 Å². The number of hydrogen-bond donors (Lipinski definition) is 0. The first-order valence-corrected chi connectivity index (χ1v) is 26.5. The van der Waals surface area contributed by atoms with Gasteiger partial charge in [0.1, 0.15) is 43.7 Å². The van der Waals surface area contributed by atoms with Crippen molar-refractivity contribution in [2.75, 3.05) is 26.4 Å². The van der Waals surface area contributed by atoms with Crippen molar-refractivity contribution in [3.8, 4) is 0 Å². The van der Waals surface area contributed by atoms with Crippen molar-refractivity contribution < 1.29 is 167 Å². The van der Waals surface area contributed by atoms with Gasteiger partial charge in [-0.15, -0.1) is 0 Å². The molecule has 4 heterocycles. The standard InChI is InChI=1S/C52H70O35/c1-19(53)67-15-33-37(71-21(3)55)41(74-24(6)58)45(78-28(10)62)49(83-33)70-18-36-39(73-23(5)57)43(76-26(8)60)48(81-31(13)65)52(86-36)87-40-34(16-68-20(2)54)84-50(46(79-29(11)63)44(40)77-27(9)61)69-17-35-38(72-22(4)56)42(75-25(7)59)47(80-30(12)64)51(85-35)82-32(14)66/h33-52H,15-18H2,1-14H3. The summed E-state index contributed by atoms with van der Waals surface area (Å²) >= 11 is 0. The number of esters is 14. The maximum Gasteiger partial charge on any atom is 0.305 e. The van der Waals surface area contributed by atoms with Crippen molar-refractivity contribution in [2.24, 2.45) is 0 Å². The van der Waals surface area contributed by atoms with Gasteiger partial charge in [-0.05, 0) is 0 Å². The van der Waals surface area contributed by atoms with E-state index in [9.17, 15) is 67.1 Å². The Balaban J connectivity index is 1.90. The fourth-order valence-electron chi connectivity index (χ4n) is 9.36. The van der Waals surface area contributed by atoms with Crippen LogP contribution in [0.3, 0.4) is 0 Å². The Morgan fingerprint density at radius 1 is 0.218 bits per heavy atom. The highest BCUT2D eigenvalue weighted by molar-refractivity contribution is 5.72. The van der Waals surface area contributed by atoms with Crippen LogP contribution in [0.2, 0.25) is 0 Å². The van der Waals surface area contributed by atoms with Gasteiger partial charge in [0, 0.05) is 96.9 Å². The first-order chi connectivity index (χ1) is 40.6. The van der Waals surface area contributed by atoms with Gasteiger partial charge in [-0.1, -0.05) is 0 Å². The van der Waals surface area contributed by atoms with E-state index in [1.807, 2.05) is 0 Å². The van der Waals surface area contributed by atoms with Crippen molar-refractivity contribution in [3.05, 3.63) is 0 Å². The number of carbonyl (C=O) groups excluding carboxylic acids is 14. The molecule has 4 aliphatic rings. The molecule has 0 aromatic carbocycles. The Hall–Kier alpha value is -7.70. The van der Waals surface area contributed by atoms with Crippen LogP contribution in [0.4, 0.5) is 0 Å². The lowest BCUT2D eigenvalue weighted by atomic mass is 9.95. The minimum Gasteiger partial charge on any atom is -0.463 e. The highest BCUT2D eigenvalue weighted by Gasteiger charge is 2.60. The second-order valence-corrected chi connectivity index (χ2v) is 19.5. The van der Waals surface area contributed by atoms with Gasteiger partial charge < -0.3 is 99.5 Å². The molecular formula is C52H70O35. The lowest BCUT2D eigenvalue weighted by Gasteiger charge is -2.49. The van der Waals surface area contributed by atoms with Gasteiger partial charge in [-0.3, -0.25) is 67.1 Å². The Labute approximate surface area is 495 Å². The predicted molar refractivity (Wildman–Crippen MR) is 268 cm³/mol. The largest absolute Gasteiger partial charge is 0.463 e. The molecule has 0 bridgehead atoms. The second-order valence-electron chi connectivity index (χ2n) is 19.5. The molecule has 35 heteroatoms. The molecule has 87 heavy (non-hydrogen) atoms. The minimum atomic E-state index is -2.20. The fraction of sp³-hybridized carbons (Fsp3) is 0.731. The van der Waals surface area contributed by atoms with E-state index in [1.165, 1.54) is 0 Å². The predicted octanol–water partition coefficient (Wildman–Crippen LogP) is -1.76. The molecule has 0 radical (unpaired) electrons. The summed E-state index contributed by atoms with van der Waals surface area (Å²) < 4.78 is 120. The monoisotopic (exact) mass is 1250 g/mol. The molecule has 0 spiro atoms. The summed E-state index contributed by atoms with van der Waals surface area (Å²) in [5.41, 5.74) is 0. The van der Waals surface area contributed by atoms with Crippen LogP contribution < -0.4 is 0 Å². The highest BCUT2D eigenvalue weighted by atomic mass is 16.8. The van der Waals surface area contributed by atoms with Crippen LogP contribution in [0, 0.1) is 0 Å². The number of rotatable bonds is 24. The zero-order valence-corrected chi connectivity index (χ0v) is 49.7. The van der Waals surface area contributed by atoms with E-state index >= 15 is 0 Å². The summed E-state index contributed by atoms with van der Waals surface area (Å²) in [7, 11) is 0. The topological polar surface area (TPSA) is 433 Å². The van der Waals surface area contributed by atoms with Gasteiger partial charge in [0.05, 0.1) is 13.2 Å². The molecule has 20 atom stereocenters. The maximum absolute atomic E-state index is 13.2. The molecule has 488 valence electrons. The molecule has 35 nitrogen and oxygen atoms in total. The normalized spacial score (nSPS) is 31.9. The molecule has 0 aromatic heterocycles. The van der Waals surface area contributed by atoms with Gasteiger partial charge in [-0.25, -0.2) is 0 Å². The first kappa shape index (κ1) is 71.8. The molecule has 4 rings (SSSR count). The Bertz CT molecular complexity index is 2530. The van der Waals surface area contributed by atoms with Crippen molar-refractivity contribution in [1.29, 1.82) is 0 Å². The Kier molecular flexibility index (Phi) is 27.1. The van der Waals surface area contributed by atoms with Crippen molar-refractivity contribution in [2.45, 2.75) is 220 Å². The van der Waals surface area contributed by atoms with Crippen LogP contribution in [-0.4, -0.2) is 233 Å². The average Bonchev–Trinajstić information content (AvgIpc) is 1.51. The Morgan fingerprint density at radius 2 is 0.425 bits per heavy atom. The molecule has 0 amide bonds. The first-order valence-electron chi connectivity index (χ1n) is 26.5. The Morgan fingerprint density at radius 3 is 0.713 bits per heavy atom. The van der Waals surface area contributed by atoms with Crippen molar-refractivity contribution in [3.63, 3.8) is 0 Å². The van der Waals surface area contributed by atoms with Crippen molar-refractivity contribution in [1.82, 2.24) is 0 Å². The lowest BCUT2D eigenvalue weighted by molar-refractivity contribution is -0.369. The molecule has 0 saturated carbocycles. The summed E-state index contributed by atoms with van der Waals surface area (Å²) in [5, 5.41) is 0. The van der Waals surface area contributed by atoms with E-state index in [4.69, 9.17) is 99.5 Å². The fourth-order valence-corrected chi connectivity index (χ4v) is 9.36. The van der Waals surface area contributed by atoms with Crippen LogP contribution >= 0.6 is 0 Å². The molecule has 0 aliphatic carbocycles. The van der Waals surface area contributed by atoms with E-state index in [0.29, 0.717) is 0 Å². The third kappa shape index (κ3) is 21.9. The van der Waals surface area contributed by atoms with E-state index in [-0.39, 0.29) is 0 Å². The minimum absolute atomic E-state index is 0.696. The molecule has 0 N–H and O–H groups in total. The summed E-state index contributed by atoms with van der Waals surface area (Å²) in [4.78, 5) is 177. The number of hydrogen-bond acceptors (Lipinski definition) is 35. The van der Waals surface area contributed by atoms with Gasteiger partial charge in [0.25, 0.3) is 0 Å². The lowest BCUT2D eigenvalue weighted by Crippen LogP contribution is -2.68. The van der Waals surface area contributed by atoms with Gasteiger partial charge in [0.15, 0.2) is 79.9 Å². The number of ether oxygens (including phenoxy) is 21. The maximum atomic E-state index is 13.2.